The smallest absolute Gasteiger partial charge is 0.259 e. The van der Waals surface area contributed by atoms with Crippen molar-refractivity contribution in [3.05, 3.63) is 54.1 Å². The number of thioether (sulfide) groups is 1. The number of carbonyl (C=O) groups is 2. The molecule has 8 heteroatoms. The molecule has 0 saturated heterocycles. The number of para-hydroxylation sites is 1. The zero-order chi connectivity index (χ0) is 21.3. The predicted octanol–water partition coefficient (Wildman–Crippen LogP) is 3.68. The van der Waals surface area contributed by atoms with Gasteiger partial charge in [0.15, 0.2) is 5.17 Å². The van der Waals surface area contributed by atoms with E-state index in [2.05, 4.69) is 15.3 Å². The SMILES string of the molecule is COc1ccc(NC(=O)CSC2=Nc3ccccc3C3=N[C@@H](C(C)C)C(=O)N23)cc1. The topological polar surface area (TPSA) is 83.4 Å². The van der Waals surface area contributed by atoms with Crippen molar-refractivity contribution in [3.63, 3.8) is 0 Å². The Morgan fingerprint density at radius 2 is 1.93 bits per heavy atom. The summed E-state index contributed by atoms with van der Waals surface area (Å²) in [5.41, 5.74) is 2.26. The summed E-state index contributed by atoms with van der Waals surface area (Å²) in [4.78, 5) is 36.3. The van der Waals surface area contributed by atoms with Gasteiger partial charge in [-0.05, 0) is 42.3 Å². The molecule has 7 nitrogen and oxygen atoms in total. The van der Waals surface area contributed by atoms with E-state index >= 15 is 0 Å². The van der Waals surface area contributed by atoms with Gasteiger partial charge in [-0.15, -0.1) is 0 Å². The zero-order valence-electron chi connectivity index (χ0n) is 17.0. The number of rotatable bonds is 5. The highest BCUT2D eigenvalue weighted by Crippen LogP contribution is 2.34. The molecule has 4 rings (SSSR count). The first-order chi connectivity index (χ1) is 14.5. The molecule has 0 spiro atoms. The highest BCUT2D eigenvalue weighted by Gasteiger charge is 2.42. The van der Waals surface area contributed by atoms with E-state index in [4.69, 9.17) is 4.74 Å². The van der Waals surface area contributed by atoms with E-state index in [1.165, 1.54) is 11.8 Å². The molecule has 0 aromatic heterocycles. The quantitative estimate of drug-likeness (QED) is 0.797. The molecule has 2 aliphatic rings. The number of nitrogens with zero attached hydrogens (tertiary/aromatic N) is 3. The fourth-order valence-electron chi connectivity index (χ4n) is 3.30. The number of aliphatic imine (C=N–C) groups is 2. The van der Waals surface area contributed by atoms with Crippen LogP contribution >= 0.6 is 11.8 Å². The number of hydrogen-bond donors (Lipinski definition) is 1. The average molecular weight is 423 g/mol. The Labute approximate surface area is 179 Å². The van der Waals surface area contributed by atoms with Crippen LogP contribution in [0.4, 0.5) is 11.4 Å². The van der Waals surface area contributed by atoms with Crippen molar-refractivity contribution in [3.8, 4) is 5.75 Å². The van der Waals surface area contributed by atoms with E-state index in [0.29, 0.717) is 16.7 Å². The van der Waals surface area contributed by atoms with Crippen molar-refractivity contribution in [2.75, 3.05) is 18.2 Å². The summed E-state index contributed by atoms with van der Waals surface area (Å²) in [5, 5.41) is 3.32. The van der Waals surface area contributed by atoms with Crippen molar-refractivity contribution in [1.29, 1.82) is 0 Å². The lowest BCUT2D eigenvalue weighted by molar-refractivity contribution is -0.125. The van der Waals surface area contributed by atoms with E-state index in [1.54, 1.807) is 36.3 Å². The standard InChI is InChI=1S/C22H22N4O3S/c1-13(2)19-21(28)26-20(25-19)16-6-4-5-7-17(16)24-22(26)30-12-18(27)23-14-8-10-15(29-3)11-9-14/h4-11,13,19H,12H2,1-3H3,(H,23,27)/t19-/m0/s1. The minimum Gasteiger partial charge on any atom is -0.497 e. The number of methoxy groups -OCH3 is 1. The molecule has 2 heterocycles. The first-order valence-corrected chi connectivity index (χ1v) is 10.6. The first kappa shape index (κ1) is 20.2. The van der Waals surface area contributed by atoms with Crippen molar-refractivity contribution in [1.82, 2.24) is 4.90 Å². The van der Waals surface area contributed by atoms with Gasteiger partial charge in [-0.2, -0.15) is 0 Å². The molecule has 2 aromatic rings. The number of benzene rings is 2. The molecule has 0 saturated carbocycles. The number of amides is 2. The number of anilines is 1. The first-order valence-electron chi connectivity index (χ1n) is 9.64. The van der Waals surface area contributed by atoms with E-state index in [0.717, 1.165) is 17.0 Å². The normalized spacial score (nSPS) is 17.3. The summed E-state index contributed by atoms with van der Waals surface area (Å²) < 4.78 is 5.12. The van der Waals surface area contributed by atoms with Gasteiger partial charge in [0.05, 0.1) is 18.6 Å². The van der Waals surface area contributed by atoms with Gasteiger partial charge in [-0.3, -0.25) is 14.6 Å². The Balaban J connectivity index is 1.52. The van der Waals surface area contributed by atoms with Crippen molar-refractivity contribution in [2.24, 2.45) is 15.9 Å². The molecule has 2 aromatic carbocycles. The van der Waals surface area contributed by atoms with E-state index in [9.17, 15) is 9.59 Å². The summed E-state index contributed by atoms with van der Waals surface area (Å²) >= 11 is 1.23. The second-order valence-electron chi connectivity index (χ2n) is 7.29. The Hall–Kier alpha value is -3.13. The number of carbonyl (C=O) groups excluding carboxylic acids is 2. The van der Waals surface area contributed by atoms with Crippen molar-refractivity contribution < 1.29 is 14.3 Å². The Morgan fingerprint density at radius 1 is 1.20 bits per heavy atom. The molecule has 0 radical (unpaired) electrons. The van der Waals surface area contributed by atoms with E-state index in [-0.39, 0.29) is 23.5 Å². The van der Waals surface area contributed by atoms with Crippen LogP contribution in [0, 0.1) is 5.92 Å². The van der Waals surface area contributed by atoms with Gasteiger partial charge in [0.2, 0.25) is 5.91 Å². The van der Waals surface area contributed by atoms with Crippen LogP contribution in [0.25, 0.3) is 0 Å². The monoisotopic (exact) mass is 422 g/mol. The second kappa shape index (κ2) is 8.31. The van der Waals surface area contributed by atoms with E-state index < -0.39 is 6.04 Å². The molecular weight excluding hydrogens is 400 g/mol. The number of hydrogen-bond acceptors (Lipinski definition) is 6. The predicted molar refractivity (Wildman–Crippen MR) is 120 cm³/mol. The summed E-state index contributed by atoms with van der Waals surface area (Å²) in [7, 11) is 1.59. The minimum atomic E-state index is -0.440. The van der Waals surface area contributed by atoms with Gasteiger partial charge in [0, 0.05) is 11.3 Å². The van der Waals surface area contributed by atoms with Gasteiger partial charge in [0.1, 0.15) is 17.6 Å². The highest BCUT2D eigenvalue weighted by molar-refractivity contribution is 8.14. The molecular formula is C22H22N4O3S. The highest BCUT2D eigenvalue weighted by atomic mass is 32.2. The molecule has 0 fully saturated rings. The van der Waals surface area contributed by atoms with E-state index in [1.807, 2.05) is 38.1 Å². The lowest BCUT2D eigenvalue weighted by Crippen LogP contribution is -2.42. The summed E-state index contributed by atoms with van der Waals surface area (Å²) in [6.45, 7) is 3.95. The summed E-state index contributed by atoms with van der Waals surface area (Å²) in [6.07, 6.45) is 0. The average Bonchev–Trinajstić information content (AvgIpc) is 3.11. The van der Waals surface area contributed by atoms with Crippen LogP contribution in [0.5, 0.6) is 5.75 Å². The maximum Gasteiger partial charge on any atom is 0.259 e. The largest absolute Gasteiger partial charge is 0.497 e. The molecule has 0 aliphatic carbocycles. The number of fused-ring (bicyclic) bond motifs is 3. The Kier molecular flexibility index (Phi) is 5.59. The van der Waals surface area contributed by atoms with Crippen LogP contribution in [-0.2, 0) is 9.59 Å². The van der Waals surface area contributed by atoms with Crippen LogP contribution in [0.3, 0.4) is 0 Å². The minimum absolute atomic E-state index is 0.0763. The zero-order valence-corrected chi connectivity index (χ0v) is 17.8. The van der Waals surface area contributed by atoms with Crippen molar-refractivity contribution >= 4 is 46.0 Å². The number of ether oxygens (including phenoxy) is 1. The molecule has 154 valence electrons. The van der Waals surface area contributed by atoms with Crippen LogP contribution in [0.15, 0.2) is 58.5 Å². The Bertz CT molecular complexity index is 1050. The number of amidine groups is 2. The van der Waals surface area contributed by atoms with Crippen LogP contribution in [-0.4, -0.2) is 46.6 Å². The molecule has 1 atom stereocenters. The maximum atomic E-state index is 13.0. The molecule has 1 N–H and O–H groups in total. The van der Waals surface area contributed by atoms with Crippen molar-refractivity contribution in [2.45, 2.75) is 19.9 Å². The van der Waals surface area contributed by atoms with Crippen LogP contribution in [0.1, 0.15) is 19.4 Å². The molecule has 2 amide bonds. The number of nitrogens with one attached hydrogen (secondary N) is 1. The van der Waals surface area contributed by atoms with Gasteiger partial charge >= 0.3 is 0 Å². The third-order valence-corrected chi connectivity index (χ3v) is 5.78. The third-order valence-electron chi connectivity index (χ3n) is 4.84. The fraction of sp³-hybridized carbons (Fsp3) is 0.273. The lowest BCUT2D eigenvalue weighted by Gasteiger charge is -2.25. The Morgan fingerprint density at radius 3 is 2.63 bits per heavy atom. The summed E-state index contributed by atoms with van der Waals surface area (Å²) in [5.74, 6) is 1.25. The van der Waals surface area contributed by atoms with Crippen LogP contribution in [0.2, 0.25) is 0 Å². The third kappa shape index (κ3) is 3.82. The lowest BCUT2D eigenvalue weighted by atomic mass is 10.1. The molecule has 2 aliphatic heterocycles. The summed E-state index contributed by atoms with van der Waals surface area (Å²) in [6, 6.07) is 14.3. The van der Waals surface area contributed by atoms with Gasteiger partial charge in [0.25, 0.3) is 5.91 Å². The maximum absolute atomic E-state index is 13.0. The van der Waals surface area contributed by atoms with Crippen LogP contribution < -0.4 is 10.1 Å². The van der Waals surface area contributed by atoms with Gasteiger partial charge in [-0.1, -0.05) is 37.7 Å². The van der Waals surface area contributed by atoms with Gasteiger partial charge in [-0.25, -0.2) is 9.89 Å². The molecule has 30 heavy (non-hydrogen) atoms. The van der Waals surface area contributed by atoms with Gasteiger partial charge < -0.3 is 10.1 Å². The second-order valence-corrected chi connectivity index (χ2v) is 8.23. The molecule has 0 unspecified atom stereocenters. The fourth-order valence-corrected chi connectivity index (χ4v) is 4.10. The molecule has 0 bridgehead atoms.